The maximum Gasteiger partial charge on any atom is 0.0609 e. The van der Waals surface area contributed by atoms with Crippen molar-refractivity contribution in [1.29, 1.82) is 0 Å². The Labute approximate surface area is 67.7 Å². The second-order valence-electron chi connectivity index (χ2n) is 3.45. The first-order valence-electron chi connectivity index (χ1n) is 4.34. The summed E-state index contributed by atoms with van der Waals surface area (Å²) in [5, 5.41) is 6.57. The molecule has 0 spiro atoms. The average Bonchev–Trinajstić information content (AvgIpc) is 2.55. The summed E-state index contributed by atoms with van der Waals surface area (Å²) in [6.45, 7) is 3.56. The molecule has 3 nitrogen and oxygen atoms in total. The van der Waals surface area contributed by atoms with Crippen molar-refractivity contribution in [1.82, 2.24) is 9.91 Å². The highest BCUT2D eigenvalue weighted by Crippen LogP contribution is 2.16. The van der Waals surface area contributed by atoms with Gasteiger partial charge in [-0.1, -0.05) is 0 Å². The Morgan fingerprint density at radius 1 is 1.45 bits per heavy atom. The zero-order chi connectivity index (χ0) is 7.68. The van der Waals surface area contributed by atoms with E-state index in [2.05, 4.69) is 22.1 Å². The number of hydrazone groups is 1. The van der Waals surface area contributed by atoms with Crippen LogP contribution < -0.4 is 0 Å². The van der Waals surface area contributed by atoms with Gasteiger partial charge in [-0.2, -0.15) is 5.10 Å². The summed E-state index contributed by atoms with van der Waals surface area (Å²) in [4.78, 5) is 2.37. The Kier molecular flexibility index (Phi) is 1.82. The van der Waals surface area contributed by atoms with Gasteiger partial charge in [0.25, 0.3) is 0 Å². The fourth-order valence-electron chi connectivity index (χ4n) is 1.84. The molecule has 0 N–H and O–H groups in total. The number of likely N-dealkylation sites (tertiary alicyclic amines) is 1. The quantitative estimate of drug-likeness (QED) is 0.542. The predicted octanol–water partition coefficient (Wildman–Crippen LogP) is 0.382. The van der Waals surface area contributed by atoms with Gasteiger partial charge in [0.2, 0.25) is 0 Å². The molecule has 0 aromatic heterocycles. The van der Waals surface area contributed by atoms with Gasteiger partial charge in [0.1, 0.15) is 0 Å². The summed E-state index contributed by atoms with van der Waals surface area (Å²) in [6.07, 6.45) is 4.45. The van der Waals surface area contributed by atoms with E-state index in [-0.39, 0.29) is 0 Å². The zero-order valence-corrected chi connectivity index (χ0v) is 7.03. The molecule has 0 aromatic carbocycles. The largest absolute Gasteiger partial charge is 0.304 e. The van der Waals surface area contributed by atoms with Gasteiger partial charge in [0.15, 0.2) is 0 Å². The van der Waals surface area contributed by atoms with E-state index in [1.807, 2.05) is 6.21 Å². The van der Waals surface area contributed by atoms with Crippen molar-refractivity contribution in [2.75, 3.05) is 26.7 Å². The van der Waals surface area contributed by atoms with E-state index < -0.39 is 0 Å². The van der Waals surface area contributed by atoms with Crippen LogP contribution in [0.2, 0.25) is 0 Å². The topological polar surface area (TPSA) is 18.8 Å². The summed E-state index contributed by atoms with van der Waals surface area (Å²) in [6, 6.07) is 0.693. The number of rotatable bonds is 1. The molecule has 0 radical (unpaired) electrons. The number of hydrogen-bond acceptors (Lipinski definition) is 3. The van der Waals surface area contributed by atoms with Crippen molar-refractivity contribution in [3.8, 4) is 0 Å². The van der Waals surface area contributed by atoms with E-state index in [9.17, 15) is 0 Å². The molecular formula is C8H15N3. The van der Waals surface area contributed by atoms with Crippen LogP contribution >= 0.6 is 0 Å². The molecule has 2 aliphatic heterocycles. The minimum atomic E-state index is 0.693. The Hall–Kier alpha value is -0.570. The average molecular weight is 153 g/mol. The molecule has 62 valence electrons. The molecule has 1 saturated heterocycles. The molecule has 0 aliphatic carbocycles. The van der Waals surface area contributed by atoms with Gasteiger partial charge in [-0.25, -0.2) is 0 Å². The molecule has 0 bridgehead atoms. The fraction of sp³-hybridized carbons (Fsp3) is 0.875. The molecule has 2 aliphatic rings. The third-order valence-electron chi connectivity index (χ3n) is 2.51. The normalized spacial score (nSPS) is 32.1. The Balaban J connectivity index is 1.90. The lowest BCUT2D eigenvalue weighted by molar-refractivity contribution is 0.227. The van der Waals surface area contributed by atoms with Gasteiger partial charge in [0.05, 0.1) is 6.04 Å². The van der Waals surface area contributed by atoms with E-state index in [1.54, 1.807) is 0 Å². The lowest BCUT2D eigenvalue weighted by Crippen LogP contribution is -2.31. The first-order chi connectivity index (χ1) is 5.36. The fourth-order valence-corrected chi connectivity index (χ4v) is 1.84. The van der Waals surface area contributed by atoms with Gasteiger partial charge in [-0.05, 0) is 20.0 Å². The van der Waals surface area contributed by atoms with Crippen LogP contribution in [0.15, 0.2) is 5.10 Å². The lowest BCUT2D eigenvalue weighted by atomic mass is 10.2. The van der Waals surface area contributed by atoms with E-state index in [1.165, 1.54) is 19.5 Å². The van der Waals surface area contributed by atoms with Gasteiger partial charge < -0.3 is 4.90 Å². The van der Waals surface area contributed by atoms with Crippen LogP contribution in [0.25, 0.3) is 0 Å². The van der Waals surface area contributed by atoms with Crippen LogP contribution in [0.1, 0.15) is 12.8 Å². The van der Waals surface area contributed by atoms with Crippen LogP contribution in [0.3, 0.4) is 0 Å². The highest BCUT2D eigenvalue weighted by Gasteiger charge is 2.25. The van der Waals surface area contributed by atoms with Gasteiger partial charge >= 0.3 is 0 Å². The van der Waals surface area contributed by atoms with Crippen molar-refractivity contribution in [3.63, 3.8) is 0 Å². The Morgan fingerprint density at radius 2 is 2.36 bits per heavy atom. The molecule has 1 fully saturated rings. The second-order valence-corrected chi connectivity index (χ2v) is 3.45. The van der Waals surface area contributed by atoms with Crippen molar-refractivity contribution >= 4 is 6.21 Å². The molecule has 11 heavy (non-hydrogen) atoms. The summed E-state index contributed by atoms with van der Waals surface area (Å²) < 4.78 is 0. The third kappa shape index (κ3) is 1.38. The van der Waals surface area contributed by atoms with Crippen LogP contribution in [0.4, 0.5) is 0 Å². The van der Waals surface area contributed by atoms with Crippen molar-refractivity contribution in [3.05, 3.63) is 0 Å². The Morgan fingerprint density at radius 3 is 2.91 bits per heavy atom. The molecule has 0 amide bonds. The Bertz CT molecular complexity index is 167. The van der Waals surface area contributed by atoms with Crippen molar-refractivity contribution in [2.45, 2.75) is 18.9 Å². The van der Waals surface area contributed by atoms with Gasteiger partial charge in [-0.3, -0.25) is 5.01 Å². The number of hydrogen-bond donors (Lipinski definition) is 0. The number of nitrogens with zero attached hydrogens (tertiary/aromatic N) is 3. The standard InChI is InChI=1S/C8H15N3/c1-10-6-3-8(7-10)11-5-2-4-9-11/h4,8H,2-3,5-7H2,1H3. The smallest absolute Gasteiger partial charge is 0.0609 e. The van der Waals surface area contributed by atoms with E-state index in [4.69, 9.17) is 0 Å². The monoisotopic (exact) mass is 153 g/mol. The van der Waals surface area contributed by atoms with E-state index >= 15 is 0 Å². The minimum Gasteiger partial charge on any atom is -0.304 e. The van der Waals surface area contributed by atoms with Crippen LogP contribution in [-0.4, -0.2) is 48.8 Å². The predicted molar refractivity (Wildman–Crippen MR) is 45.7 cm³/mol. The summed E-state index contributed by atoms with van der Waals surface area (Å²) >= 11 is 0. The molecule has 2 rings (SSSR count). The molecule has 1 unspecified atom stereocenters. The SMILES string of the molecule is CN1CCC(N2CCC=N2)C1. The minimum absolute atomic E-state index is 0.693. The highest BCUT2D eigenvalue weighted by atomic mass is 15.5. The van der Waals surface area contributed by atoms with Crippen LogP contribution in [0.5, 0.6) is 0 Å². The molecule has 3 heteroatoms. The molecular weight excluding hydrogens is 138 g/mol. The van der Waals surface area contributed by atoms with Crippen LogP contribution in [0, 0.1) is 0 Å². The first-order valence-corrected chi connectivity index (χ1v) is 4.34. The lowest BCUT2D eigenvalue weighted by Gasteiger charge is -2.21. The molecule has 1 atom stereocenters. The van der Waals surface area contributed by atoms with Crippen LogP contribution in [-0.2, 0) is 0 Å². The number of likely N-dealkylation sites (N-methyl/N-ethyl adjacent to an activating group) is 1. The molecule has 0 saturated carbocycles. The maximum absolute atomic E-state index is 4.33. The summed E-state index contributed by atoms with van der Waals surface area (Å²) in [7, 11) is 2.18. The molecule has 0 aromatic rings. The van der Waals surface area contributed by atoms with Crippen molar-refractivity contribution in [2.24, 2.45) is 5.10 Å². The summed E-state index contributed by atoms with van der Waals surface area (Å²) in [5.41, 5.74) is 0. The van der Waals surface area contributed by atoms with Gasteiger partial charge in [-0.15, -0.1) is 0 Å². The molecule has 2 heterocycles. The first kappa shape index (κ1) is 7.10. The zero-order valence-electron chi connectivity index (χ0n) is 7.03. The highest BCUT2D eigenvalue weighted by molar-refractivity contribution is 5.58. The van der Waals surface area contributed by atoms with E-state index in [0.29, 0.717) is 6.04 Å². The maximum atomic E-state index is 4.33. The summed E-state index contributed by atoms with van der Waals surface area (Å²) in [5.74, 6) is 0. The van der Waals surface area contributed by atoms with Gasteiger partial charge in [0, 0.05) is 25.7 Å². The second kappa shape index (κ2) is 2.81. The van der Waals surface area contributed by atoms with E-state index in [0.717, 1.165) is 13.0 Å². The third-order valence-corrected chi connectivity index (χ3v) is 2.51. The van der Waals surface area contributed by atoms with Crippen molar-refractivity contribution < 1.29 is 0 Å².